The number of ether oxygens (including phenoxy) is 1. The quantitative estimate of drug-likeness (QED) is 0.474. The fraction of sp³-hybridized carbons (Fsp3) is 0.478. The third kappa shape index (κ3) is 6.82. The highest BCUT2D eigenvalue weighted by atomic mass is 32.2. The van der Waals surface area contributed by atoms with E-state index in [-0.39, 0.29) is 5.56 Å². The smallest absolute Gasteiger partial charge is 0.410 e. The van der Waals surface area contributed by atoms with E-state index in [9.17, 15) is 9.59 Å². The van der Waals surface area contributed by atoms with Crippen molar-refractivity contribution in [1.29, 1.82) is 0 Å². The van der Waals surface area contributed by atoms with E-state index in [1.807, 2.05) is 39.0 Å². The van der Waals surface area contributed by atoms with Gasteiger partial charge in [0.15, 0.2) is 5.82 Å². The van der Waals surface area contributed by atoms with Crippen molar-refractivity contribution in [2.45, 2.75) is 52.5 Å². The first-order chi connectivity index (χ1) is 15.6. The Labute approximate surface area is 198 Å². The van der Waals surface area contributed by atoms with Crippen LogP contribution in [0.4, 0.5) is 4.79 Å². The molecule has 33 heavy (non-hydrogen) atoms. The average Bonchev–Trinajstić information content (AvgIpc) is 3.14. The van der Waals surface area contributed by atoms with Gasteiger partial charge in [-0.3, -0.25) is 9.10 Å². The molecule has 0 unspecified atom stereocenters. The molecule has 2 N–H and O–H groups in total. The van der Waals surface area contributed by atoms with Crippen LogP contribution in [0, 0.1) is 0 Å². The lowest BCUT2D eigenvalue weighted by Gasteiger charge is -2.24. The van der Waals surface area contributed by atoms with Gasteiger partial charge in [0.25, 0.3) is 5.56 Å². The highest BCUT2D eigenvalue weighted by molar-refractivity contribution is 7.96. The van der Waals surface area contributed by atoms with Crippen LogP contribution in [0.3, 0.4) is 0 Å². The van der Waals surface area contributed by atoms with Gasteiger partial charge in [-0.1, -0.05) is 25.8 Å². The molecule has 1 amide bonds. The first kappa shape index (κ1) is 24.8. The monoisotopic (exact) mass is 472 g/mol. The van der Waals surface area contributed by atoms with Gasteiger partial charge in [0.2, 0.25) is 0 Å². The van der Waals surface area contributed by atoms with Crippen molar-refractivity contribution in [1.82, 2.24) is 29.1 Å². The van der Waals surface area contributed by atoms with Crippen LogP contribution >= 0.6 is 11.9 Å². The fourth-order valence-corrected chi connectivity index (χ4v) is 4.04. The number of aromatic amines is 2. The van der Waals surface area contributed by atoms with Crippen LogP contribution in [-0.2, 0) is 17.0 Å². The van der Waals surface area contributed by atoms with Crippen molar-refractivity contribution < 1.29 is 9.53 Å². The highest BCUT2D eigenvalue weighted by Crippen LogP contribution is 2.21. The number of hydrogen-bond donors (Lipinski definition) is 2. The summed E-state index contributed by atoms with van der Waals surface area (Å²) in [5.74, 6) is 1.06. The second-order valence-corrected chi connectivity index (χ2v) is 9.80. The molecule has 0 bridgehead atoms. The Balaban J connectivity index is 1.79. The van der Waals surface area contributed by atoms with Gasteiger partial charge in [-0.25, -0.2) is 14.8 Å². The summed E-state index contributed by atoms with van der Waals surface area (Å²) < 4.78 is 7.62. The molecule has 0 atom stereocenters. The number of carbonyl (C=O) groups excluding carboxylic acids is 1. The number of nitrogens with zero attached hydrogens (tertiary/aromatic N) is 4. The molecule has 0 saturated heterocycles. The van der Waals surface area contributed by atoms with Gasteiger partial charge < -0.3 is 19.6 Å². The molecule has 10 heteroatoms. The SMILES string of the molecule is CCN(CC)SCc1cc(=O)[nH]c(-c2ccc3[nH]c(CN(C)C(=O)OC(C)(C)C)cc3n2)n1. The predicted molar refractivity (Wildman–Crippen MR) is 132 cm³/mol. The summed E-state index contributed by atoms with van der Waals surface area (Å²) >= 11 is 1.65. The maximum absolute atomic E-state index is 12.2. The molecule has 0 aliphatic heterocycles. The molecule has 3 rings (SSSR count). The Hall–Kier alpha value is -2.85. The lowest BCUT2D eigenvalue weighted by atomic mass is 10.2. The van der Waals surface area contributed by atoms with Crippen molar-refractivity contribution in [3.8, 4) is 11.5 Å². The maximum atomic E-state index is 12.2. The Morgan fingerprint density at radius 2 is 1.85 bits per heavy atom. The minimum atomic E-state index is -0.551. The van der Waals surface area contributed by atoms with Crippen molar-refractivity contribution in [3.63, 3.8) is 0 Å². The van der Waals surface area contributed by atoms with Crippen LogP contribution in [0.1, 0.15) is 46.0 Å². The number of H-pyrrole nitrogens is 2. The molecule has 3 aromatic rings. The molecule has 9 nitrogen and oxygen atoms in total. The van der Waals surface area contributed by atoms with Crippen LogP contribution in [0.5, 0.6) is 0 Å². The van der Waals surface area contributed by atoms with Gasteiger partial charge in [0.1, 0.15) is 11.3 Å². The lowest BCUT2D eigenvalue weighted by molar-refractivity contribution is 0.0283. The summed E-state index contributed by atoms with van der Waals surface area (Å²) in [6, 6.07) is 7.13. The first-order valence-corrected chi connectivity index (χ1v) is 11.9. The molecular formula is C23H32N6O3S. The summed E-state index contributed by atoms with van der Waals surface area (Å²) in [6.45, 7) is 11.9. The van der Waals surface area contributed by atoms with E-state index in [0.29, 0.717) is 29.5 Å². The number of nitrogens with one attached hydrogen (secondary N) is 2. The number of amides is 1. The van der Waals surface area contributed by atoms with E-state index in [2.05, 4.69) is 38.1 Å². The Morgan fingerprint density at radius 1 is 1.12 bits per heavy atom. The Kier molecular flexibility index (Phi) is 7.80. The van der Waals surface area contributed by atoms with Crippen molar-refractivity contribution in [2.75, 3.05) is 20.1 Å². The topological polar surface area (TPSA) is 107 Å². The van der Waals surface area contributed by atoms with Crippen LogP contribution in [0.15, 0.2) is 29.1 Å². The van der Waals surface area contributed by atoms with Crippen LogP contribution in [0.2, 0.25) is 0 Å². The standard InChI is InChI=1S/C23H32N6O3S/c1-7-29(8-2)33-14-16-12-20(30)27-21(25-16)18-10-9-17-19(26-18)11-15(24-17)13-28(6)22(31)32-23(3,4)5/h9-12,24H,7-8,13-14H2,1-6H3,(H,25,27,30). The van der Waals surface area contributed by atoms with Crippen molar-refractivity contribution in [3.05, 3.63) is 46.0 Å². The first-order valence-electron chi connectivity index (χ1n) is 11.0. The van der Waals surface area contributed by atoms with E-state index >= 15 is 0 Å². The average molecular weight is 473 g/mol. The number of rotatable bonds is 8. The van der Waals surface area contributed by atoms with Gasteiger partial charge in [0, 0.05) is 31.9 Å². The van der Waals surface area contributed by atoms with Crippen LogP contribution in [0.25, 0.3) is 22.6 Å². The van der Waals surface area contributed by atoms with Gasteiger partial charge in [0.05, 0.1) is 29.0 Å². The summed E-state index contributed by atoms with van der Waals surface area (Å²) in [6.07, 6.45) is -0.393. The molecule has 3 heterocycles. The molecule has 3 aromatic heterocycles. The van der Waals surface area contributed by atoms with Crippen molar-refractivity contribution >= 4 is 29.1 Å². The third-order valence-corrected chi connectivity index (χ3v) is 6.09. The molecule has 0 aliphatic rings. The number of aromatic nitrogens is 4. The van der Waals surface area contributed by atoms with E-state index in [1.165, 1.54) is 11.0 Å². The lowest BCUT2D eigenvalue weighted by Crippen LogP contribution is -2.33. The number of fused-ring (bicyclic) bond motifs is 1. The third-order valence-electron chi connectivity index (χ3n) is 4.78. The van der Waals surface area contributed by atoms with E-state index in [0.717, 1.165) is 29.8 Å². The summed E-state index contributed by atoms with van der Waals surface area (Å²) in [7, 11) is 1.69. The molecule has 0 saturated carbocycles. The molecule has 0 radical (unpaired) electrons. The summed E-state index contributed by atoms with van der Waals surface area (Å²) in [5, 5.41) is 0. The predicted octanol–water partition coefficient (Wildman–Crippen LogP) is 4.17. The second kappa shape index (κ2) is 10.4. The van der Waals surface area contributed by atoms with Gasteiger partial charge >= 0.3 is 6.09 Å². The number of hydrogen-bond acceptors (Lipinski definition) is 7. The largest absolute Gasteiger partial charge is 0.444 e. The van der Waals surface area contributed by atoms with Crippen LogP contribution < -0.4 is 5.56 Å². The Bertz CT molecular complexity index is 1160. The highest BCUT2D eigenvalue weighted by Gasteiger charge is 2.20. The molecular weight excluding hydrogens is 440 g/mol. The van der Waals surface area contributed by atoms with Gasteiger partial charge in [-0.2, -0.15) is 0 Å². The minimum absolute atomic E-state index is 0.203. The number of carbonyl (C=O) groups is 1. The van der Waals surface area contributed by atoms with Gasteiger partial charge in [-0.05, 0) is 39.0 Å². The zero-order chi connectivity index (χ0) is 24.2. The van der Waals surface area contributed by atoms with Crippen molar-refractivity contribution in [2.24, 2.45) is 0 Å². The molecule has 0 aromatic carbocycles. The fourth-order valence-electron chi connectivity index (χ4n) is 3.21. The molecule has 0 aliphatic carbocycles. The zero-order valence-electron chi connectivity index (χ0n) is 20.1. The Morgan fingerprint density at radius 3 is 2.52 bits per heavy atom. The normalized spacial score (nSPS) is 11.8. The van der Waals surface area contributed by atoms with E-state index < -0.39 is 11.7 Å². The molecule has 178 valence electrons. The summed E-state index contributed by atoms with van der Waals surface area (Å²) in [5.41, 5.74) is 2.93. The number of pyridine rings is 1. The van der Waals surface area contributed by atoms with Crippen LogP contribution in [-0.4, -0.2) is 61.0 Å². The van der Waals surface area contributed by atoms with E-state index in [1.54, 1.807) is 19.0 Å². The molecule has 0 fully saturated rings. The van der Waals surface area contributed by atoms with E-state index in [4.69, 9.17) is 4.74 Å². The summed E-state index contributed by atoms with van der Waals surface area (Å²) in [4.78, 5) is 41.3. The molecule has 0 spiro atoms. The zero-order valence-corrected chi connectivity index (χ0v) is 20.9. The van der Waals surface area contributed by atoms with Gasteiger partial charge in [-0.15, -0.1) is 0 Å². The maximum Gasteiger partial charge on any atom is 0.410 e. The second-order valence-electron chi connectivity index (χ2n) is 8.73. The minimum Gasteiger partial charge on any atom is -0.444 e.